The standard InChI is InChI=1S/C11H9ClN4/c1-16-6-13-5-10(16)11-14-8-3-2-7(12)4-9(8)15-11/h2-6H,1H3,(H,14,15). The molecule has 2 aromatic heterocycles. The molecule has 0 aliphatic heterocycles. The third-order valence-electron chi connectivity index (χ3n) is 2.50. The molecule has 0 aliphatic carbocycles. The second kappa shape index (κ2) is 3.35. The highest BCUT2D eigenvalue weighted by atomic mass is 35.5. The van der Waals surface area contributed by atoms with E-state index in [1.54, 1.807) is 12.5 Å². The number of halogens is 1. The van der Waals surface area contributed by atoms with E-state index >= 15 is 0 Å². The fourth-order valence-electron chi connectivity index (χ4n) is 1.69. The number of nitrogens with one attached hydrogen (secondary N) is 1. The Labute approximate surface area is 96.9 Å². The van der Waals surface area contributed by atoms with Gasteiger partial charge in [0.15, 0.2) is 5.82 Å². The molecule has 0 bridgehead atoms. The van der Waals surface area contributed by atoms with Crippen LogP contribution in [0.4, 0.5) is 0 Å². The topological polar surface area (TPSA) is 46.5 Å². The average Bonchev–Trinajstić information content (AvgIpc) is 2.82. The monoisotopic (exact) mass is 232 g/mol. The fourth-order valence-corrected chi connectivity index (χ4v) is 1.86. The van der Waals surface area contributed by atoms with E-state index in [0.29, 0.717) is 5.02 Å². The molecule has 3 rings (SSSR count). The van der Waals surface area contributed by atoms with Crippen molar-refractivity contribution in [3.63, 3.8) is 0 Å². The predicted octanol–water partition coefficient (Wildman–Crippen LogP) is 2.62. The number of imidazole rings is 2. The molecule has 1 N–H and O–H groups in total. The van der Waals surface area contributed by atoms with Crippen molar-refractivity contribution in [3.05, 3.63) is 35.7 Å². The Bertz CT molecular complexity index is 653. The van der Waals surface area contributed by atoms with E-state index in [0.717, 1.165) is 22.6 Å². The first kappa shape index (κ1) is 9.42. The summed E-state index contributed by atoms with van der Waals surface area (Å²) in [6.45, 7) is 0. The minimum atomic E-state index is 0.702. The molecule has 0 saturated carbocycles. The van der Waals surface area contributed by atoms with Crippen LogP contribution >= 0.6 is 11.6 Å². The molecule has 0 aliphatic rings. The molecule has 2 heterocycles. The van der Waals surface area contributed by atoms with Gasteiger partial charge in [-0.25, -0.2) is 9.97 Å². The van der Waals surface area contributed by atoms with Crippen LogP contribution in [0.15, 0.2) is 30.7 Å². The summed E-state index contributed by atoms with van der Waals surface area (Å²) in [5.74, 6) is 0.803. The van der Waals surface area contributed by atoms with Gasteiger partial charge in [-0.1, -0.05) is 11.6 Å². The lowest BCUT2D eigenvalue weighted by Crippen LogP contribution is -1.90. The highest BCUT2D eigenvalue weighted by molar-refractivity contribution is 6.31. The second-order valence-electron chi connectivity index (χ2n) is 3.64. The largest absolute Gasteiger partial charge is 0.337 e. The number of fused-ring (bicyclic) bond motifs is 1. The van der Waals surface area contributed by atoms with Crippen LogP contribution in [-0.2, 0) is 7.05 Å². The first-order valence-corrected chi connectivity index (χ1v) is 5.24. The first-order chi connectivity index (χ1) is 7.74. The SMILES string of the molecule is Cn1cncc1-c1nc2ccc(Cl)cc2[nH]1. The summed E-state index contributed by atoms with van der Waals surface area (Å²) in [4.78, 5) is 11.8. The van der Waals surface area contributed by atoms with E-state index in [2.05, 4.69) is 15.0 Å². The van der Waals surface area contributed by atoms with Gasteiger partial charge in [-0.05, 0) is 18.2 Å². The van der Waals surface area contributed by atoms with Crippen molar-refractivity contribution in [1.82, 2.24) is 19.5 Å². The quantitative estimate of drug-likeness (QED) is 0.701. The van der Waals surface area contributed by atoms with Gasteiger partial charge in [0.2, 0.25) is 0 Å². The molecular formula is C11H9ClN4. The summed E-state index contributed by atoms with van der Waals surface area (Å²) in [6, 6.07) is 5.59. The maximum atomic E-state index is 5.92. The summed E-state index contributed by atoms with van der Waals surface area (Å²) in [7, 11) is 1.93. The maximum Gasteiger partial charge on any atom is 0.156 e. The van der Waals surface area contributed by atoms with Crippen molar-refractivity contribution in [3.8, 4) is 11.5 Å². The maximum absolute atomic E-state index is 5.92. The number of hydrogen-bond donors (Lipinski definition) is 1. The van der Waals surface area contributed by atoms with Crippen LogP contribution in [0.3, 0.4) is 0 Å². The van der Waals surface area contributed by atoms with Crippen molar-refractivity contribution < 1.29 is 0 Å². The molecule has 0 unspecified atom stereocenters. The number of aromatic nitrogens is 4. The fraction of sp³-hybridized carbons (Fsp3) is 0.0909. The molecule has 0 atom stereocenters. The Morgan fingerprint density at radius 1 is 1.38 bits per heavy atom. The van der Waals surface area contributed by atoms with Gasteiger partial charge in [0.1, 0.15) is 5.69 Å². The second-order valence-corrected chi connectivity index (χ2v) is 4.07. The third kappa shape index (κ3) is 1.39. The Morgan fingerprint density at radius 3 is 3.00 bits per heavy atom. The van der Waals surface area contributed by atoms with E-state index in [1.807, 2.05) is 29.8 Å². The minimum absolute atomic E-state index is 0.702. The zero-order valence-corrected chi connectivity index (χ0v) is 9.36. The van der Waals surface area contributed by atoms with Crippen LogP contribution in [0, 0.1) is 0 Å². The number of nitrogens with zero attached hydrogens (tertiary/aromatic N) is 3. The highest BCUT2D eigenvalue weighted by Gasteiger charge is 2.08. The van der Waals surface area contributed by atoms with Gasteiger partial charge in [0.05, 0.1) is 23.6 Å². The smallest absolute Gasteiger partial charge is 0.156 e. The van der Waals surface area contributed by atoms with Crippen LogP contribution < -0.4 is 0 Å². The van der Waals surface area contributed by atoms with E-state index in [-0.39, 0.29) is 0 Å². The summed E-state index contributed by atoms with van der Waals surface area (Å²) in [5, 5.41) is 0.702. The van der Waals surface area contributed by atoms with Gasteiger partial charge in [-0.2, -0.15) is 0 Å². The van der Waals surface area contributed by atoms with Crippen molar-refractivity contribution in [2.45, 2.75) is 0 Å². The van der Waals surface area contributed by atoms with Crippen LogP contribution in [0.2, 0.25) is 5.02 Å². The normalized spacial score (nSPS) is 11.1. The van der Waals surface area contributed by atoms with E-state index < -0.39 is 0 Å². The molecule has 80 valence electrons. The van der Waals surface area contributed by atoms with E-state index in [9.17, 15) is 0 Å². The molecule has 0 radical (unpaired) electrons. The lowest BCUT2D eigenvalue weighted by atomic mass is 10.3. The summed E-state index contributed by atoms with van der Waals surface area (Å²) < 4.78 is 1.92. The number of aryl methyl sites for hydroxylation is 1. The van der Waals surface area contributed by atoms with Gasteiger partial charge >= 0.3 is 0 Å². The van der Waals surface area contributed by atoms with Gasteiger partial charge < -0.3 is 9.55 Å². The lowest BCUT2D eigenvalue weighted by molar-refractivity contribution is 0.913. The molecule has 3 aromatic rings. The van der Waals surface area contributed by atoms with Crippen molar-refractivity contribution >= 4 is 22.6 Å². The summed E-state index contributed by atoms with van der Waals surface area (Å²) >= 11 is 5.92. The van der Waals surface area contributed by atoms with E-state index in [4.69, 9.17) is 11.6 Å². The Kier molecular flexibility index (Phi) is 1.97. The molecule has 1 aromatic carbocycles. The van der Waals surface area contributed by atoms with Crippen molar-refractivity contribution in [2.24, 2.45) is 7.05 Å². The number of aromatic amines is 1. The first-order valence-electron chi connectivity index (χ1n) is 4.86. The number of hydrogen-bond acceptors (Lipinski definition) is 2. The molecule has 4 nitrogen and oxygen atoms in total. The van der Waals surface area contributed by atoms with Crippen LogP contribution in [0.1, 0.15) is 0 Å². The molecule has 0 spiro atoms. The number of H-pyrrole nitrogens is 1. The van der Waals surface area contributed by atoms with E-state index in [1.165, 1.54) is 0 Å². The molecule has 0 saturated heterocycles. The van der Waals surface area contributed by atoms with Gasteiger partial charge in [0, 0.05) is 12.1 Å². The van der Waals surface area contributed by atoms with Crippen LogP contribution in [-0.4, -0.2) is 19.5 Å². The average molecular weight is 233 g/mol. The van der Waals surface area contributed by atoms with Crippen LogP contribution in [0.25, 0.3) is 22.6 Å². The molecule has 16 heavy (non-hydrogen) atoms. The predicted molar refractivity (Wildman–Crippen MR) is 63.3 cm³/mol. The molecule has 0 fully saturated rings. The Balaban J connectivity index is 2.23. The zero-order valence-electron chi connectivity index (χ0n) is 8.61. The minimum Gasteiger partial charge on any atom is -0.337 e. The highest BCUT2D eigenvalue weighted by Crippen LogP contribution is 2.22. The third-order valence-corrected chi connectivity index (χ3v) is 2.74. The summed E-state index contributed by atoms with van der Waals surface area (Å²) in [6.07, 6.45) is 3.52. The zero-order chi connectivity index (χ0) is 11.1. The van der Waals surface area contributed by atoms with Gasteiger partial charge in [-0.3, -0.25) is 0 Å². The molecular weight excluding hydrogens is 224 g/mol. The molecule has 5 heteroatoms. The number of rotatable bonds is 1. The van der Waals surface area contributed by atoms with Crippen molar-refractivity contribution in [2.75, 3.05) is 0 Å². The van der Waals surface area contributed by atoms with Gasteiger partial charge in [-0.15, -0.1) is 0 Å². The van der Waals surface area contributed by atoms with Crippen LogP contribution in [0.5, 0.6) is 0 Å². The Hall–Kier alpha value is -1.81. The lowest BCUT2D eigenvalue weighted by Gasteiger charge is -1.95. The Morgan fingerprint density at radius 2 is 2.25 bits per heavy atom. The van der Waals surface area contributed by atoms with Gasteiger partial charge in [0.25, 0.3) is 0 Å². The van der Waals surface area contributed by atoms with Crippen molar-refractivity contribution in [1.29, 1.82) is 0 Å². The summed E-state index contributed by atoms with van der Waals surface area (Å²) in [5.41, 5.74) is 2.79. The number of benzene rings is 1. The molecule has 0 amide bonds.